The fourth-order valence-corrected chi connectivity index (χ4v) is 0. The van der Waals surface area contributed by atoms with Crippen LogP contribution in [-0.4, -0.2) is 42.9 Å². The molecular formula is C2H8CaOS2. The standard InChI is InChI=1S/C2H4OS.Ca.H2S.2H/c1-2(3)4;;;;/h1H3,(H,3,4);;1H2;;/q;+2;;2*-1. The van der Waals surface area contributed by atoms with Crippen LogP contribution in [0, 0.1) is 0 Å². The van der Waals surface area contributed by atoms with Crippen molar-refractivity contribution < 1.29 is 7.65 Å². The van der Waals surface area contributed by atoms with E-state index in [1.807, 2.05) is 0 Å². The Morgan fingerprint density at radius 1 is 1.83 bits per heavy atom. The number of thiol groups is 1. The van der Waals surface area contributed by atoms with Crippen LogP contribution in [-0.2, 0) is 4.79 Å². The second-order valence-electron chi connectivity index (χ2n) is 0.519. The van der Waals surface area contributed by atoms with Crippen molar-refractivity contribution in [2.75, 3.05) is 0 Å². The number of carbonyl (C=O) groups is 1. The summed E-state index contributed by atoms with van der Waals surface area (Å²) in [6.45, 7) is 1.39. The summed E-state index contributed by atoms with van der Waals surface area (Å²) in [5, 5.41) is -0.139. The molecule has 0 aromatic carbocycles. The average Bonchev–Trinajstić information content (AvgIpc) is 0.811. The minimum atomic E-state index is -0.139. The zero-order chi connectivity index (χ0) is 3.58. The van der Waals surface area contributed by atoms with Gasteiger partial charge >= 0.3 is 37.7 Å². The van der Waals surface area contributed by atoms with Gasteiger partial charge in [0.25, 0.3) is 0 Å². The molecule has 0 unspecified atom stereocenters. The SMILES string of the molecule is CC(=O)S.S.[Ca+2].[H-].[H-]. The summed E-state index contributed by atoms with van der Waals surface area (Å²) in [6, 6.07) is 0. The first-order valence-electron chi connectivity index (χ1n) is 0.928. The fraction of sp³-hybridized carbons (Fsp3) is 0.500. The molecule has 0 radical (unpaired) electrons. The summed E-state index contributed by atoms with van der Waals surface area (Å²) in [5.41, 5.74) is 0. The Bertz CT molecular complexity index is 41.0. The minimum Gasteiger partial charge on any atom is -1.00 e. The van der Waals surface area contributed by atoms with E-state index in [1.54, 1.807) is 0 Å². The topological polar surface area (TPSA) is 17.1 Å². The molecule has 0 spiro atoms. The van der Waals surface area contributed by atoms with Gasteiger partial charge in [0, 0.05) is 6.92 Å². The Labute approximate surface area is 82.7 Å². The predicted molar refractivity (Wildman–Crippen MR) is 38.0 cm³/mol. The van der Waals surface area contributed by atoms with Crippen LogP contribution in [0.4, 0.5) is 0 Å². The molecule has 0 heterocycles. The van der Waals surface area contributed by atoms with E-state index in [2.05, 4.69) is 12.6 Å². The second-order valence-corrected chi connectivity index (χ2v) is 1.15. The quantitative estimate of drug-likeness (QED) is 0.393. The van der Waals surface area contributed by atoms with E-state index in [0.717, 1.165) is 0 Å². The summed E-state index contributed by atoms with van der Waals surface area (Å²) in [6.07, 6.45) is 0. The van der Waals surface area contributed by atoms with Crippen molar-refractivity contribution in [2.45, 2.75) is 6.92 Å². The van der Waals surface area contributed by atoms with Crippen LogP contribution in [0.25, 0.3) is 0 Å². The Kier molecular flexibility index (Phi) is 25.6. The first-order valence-corrected chi connectivity index (χ1v) is 1.37. The third-order valence-electron chi connectivity index (χ3n) is 0. The molecule has 0 amide bonds. The predicted octanol–water partition coefficient (Wildman–Crippen LogP) is 0.420. The van der Waals surface area contributed by atoms with Crippen molar-refractivity contribution in [3.8, 4) is 0 Å². The second kappa shape index (κ2) is 9.80. The van der Waals surface area contributed by atoms with Gasteiger partial charge in [-0.3, -0.25) is 4.79 Å². The molecule has 6 heavy (non-hydrogen) atoms. The van der Waals surface area contributed by atoms with E-state index < -0.39 is 0 Å². The third kappa shape index (κ3) is 45.4. The normalized spacial score (nSPS) is 4.33. The molecule has 0 aliphatic carbocycles. The molecule has 0 aliphatic heterocycles. The van der Waals surface area contributed by atoms with Gasteiger partial charge in [0.05, 0.1) is 0 Å². The molecule has 0 saturated carbocycles. The summed E-state index contributed by atoms with van der Waals surface area (Å²) in [4.78, 5) is 9.31. The van der Waals surface area contributed by atoms with Gasteiger partial charge in [-0.25, -0.2) is 0 Å². The van der Waals surface area contributed by atoms with Crippen LogP contribution in [0.1, 0.15) is 9.78 Å². The largest absolute Gasteiger partial charge is 2.00 e. The first-order chi connectivity index (χ1) is 1.73. The van der Waals surface area contributed by atoms with Crippen molar-refractivity contribution in [3.63, 3.8) is 0 Å². The Morgan fingerprint density at radius 2 is 1.83 bits per heavy atom. The molecule has 0 N–H and O–H groups in total. The molecule has 0 rings (SSSR count). The minimum absolute atomic E-state index is 0. The number of carbonyl (C=O) groups excluding carboxylic acids is 1. The molecular weight excluding hydrogens is 144 g/mol. The van der Waals surface area contributed by atoms with Crippen LogP contribution in [0.5, 0.6) is 0 Å². The summed E-state index contributed by atoms with van der Waals surface area (Å²) >= 11 is 3.33. The van der Waals surface area contributed by atoms with Gasteiger partial charge in [-0.2, -0.15) is 13.5 Å². The molecule has 0 bridgehead atoms. The smallest absolute Gasteiger partial charge is 1.00 e. The molecule has 0 atom stereocenters. The number of rotatable bonds is 0. The van der Waals surface area contributed by atoms with Crippen molar-refractivity contribution in [1.82, 2.24) is 0 Å². The van der Waals surface area contributed by atoms with Gasteiger partial charge in [-0.1, -0.05) is 0 Å². The summed E-state index contributed by atoms with van der Waals surface area (Å²) in [7, 11) is 0. The maximum Gasteiger partial charge on any atom is 2.00 e. The first kappa shape index (κ1) is 15.6. The van der Waals surface area contributed by atoms with Crippen LogP contribution in [0.3, 0.4) is 0 Å². The van der Waals surface area contributed by atoms with Crippen molar-refractivity contribution in [1.29, 1.82) is 0 Å². The molecule has 36 valence electrons. The Balaban J connectivity index is -0.00000000750. The van der Waals surface area contributed by atoms with Crippen LogP contribution < -0.4 is 0 Å². The Morgan fingerprint density at radius 3 is 1.83 bits per heavy atom. The monoisotopic (exact) mass is 152 g/mol. The van der Waals surface area contributed by atoms with Crippen LogP contribution in [0.15, 0.2) is 0 Å². The van der Waals surface area contributed by atoms with Crippen molar-refractivity contribution in [2.24, 2.45) is 0 Å². The van der Waals surface area contributed by atoms with Gasteiger partial charge in [0.1, 0.15) is 0 Å². The van der Waals surface area contributed by atoms with Gasteiger partial charge in [-0.15, -0.1) is 12.6 Å². The van der Waals surface area contributed by atoms with E-state index >= 15 is 0 Å². The maximum atomic E-state index is 9.31. The molecule has 0 aromatic rings. The van der Waals surface area contributed by atoms with Crippen LogP contribution in [0.2, 0.25) is 0 Å². The van der Waals surface area contributed by atoms with Gasteiger partial charge in [0.2, 0.25) is 0 Å². The average molecular weight is 152 g/mol. The summed E-state index contributed by atoms with van der Waals surface area (Å²) in [5.74, 6) is 0. The fourth-order valence-electron chi connectivity index (χ4n) is 0. The van der Waals surface area contributed by atoms with Gasteiger partial charge < -0.3 is 2.85 Å². The maximum absolute atomic E-state index is 9.31. The molecule has 4 heteroatoms. The van der Waals surface area contributed by atoms with E-state index in [4.69, 9.17) is 0 Å². The Hall–Kier alpha value is 1.63. The number of hydrogen-bond acceptors (Lipinski definition) is 1. The zero-order valence-electron chi connectivity index (χ0n) is 5.56. The van der Waals surface area contributed by atoms with E-state index in [1.165, 1.54) is 6.92 Å². The van der Waals surface area contributed by atoms with Crippen LogP contribution >= 0.6 is 26.1 Å². The van der Waals surface area contributed by atoms with Gasteiger partial charge in [0.15, 0.2) is 5.12 Å². The van der Waals surface area contributed by atoms with E-state index in [0.29, 0.717) is 0 Å². The van der Waals surface area contributed by atoms with Crippen molar-refractivity contribution >= 4 is 69.0 Å². The molecule has 0 fully saturated rings. The molecule has 0 saturated heterocycles. The molecule has 1 nitrogen and oxygen atoms in total. The molecule has 0 aliphatic rings. The summed E-state index contributed by atoms with van der Waals surface area (Å²) < 4.78 is 0. The molecule has 0 aromatic heterocycles. The van der Waals surface area contributed by atoms with Crippen molar-refractivity contribution in [3.05, 3.63) is 0 Å². The van der Waals surface area contributed by atoms with E-state index in [9.17, 15) is 4.79 Å². The number of hydrogen-bond donors (Lipinski definition) is 1. The zero-order valence-corrected chi connectivity index (χ0v) is 7.67. The van der Waals surface area contributed by atoms with Gasteiger partial charge in [-0.05, 0) is 0 Å². The third-order valence-corrected chi connectivity index (χ3v) is 0. The van der Waals surface area contributed by atoms with E-state index in [-0.39, 0.29) is 59.2 Å².